The number of hydrogen-bond acceptors (Lipinski definition) is 21. The molecule has 5 unspecified atom stereocenters. The molecule has 109 heavy (non-hydrogen) atoms. The number of nitrogens with one attached hydrogen (secondary N) is 20. The molecule has 36 heteroatoms. The van der Waals surface area contributed by atoms with Gasteiger partial charge in [-0.05, 0) is 238 Å². The van der Waals surface area contributed by atoms with Crippen LogP contribution in [0.4, 0.5) is 0 Å². The molecule has 0 aliphatic heterocycles. The van der Waals surface area contributed by atoms with Gasteiger partial charge in [0.2, 0.25) is 88.6 Å². The fourth-order valence-corrected chi connectivity index (χ4v) is 10.7. The Kier molecular flexibility index (Phi) is 49.2. The third-order valence-electron chi connectivity index (χ3n) is 17.2. The maximum atomic E-state index is 14.1. The van der Waals surface area contributed by atoms with Crippen LogP contribution in [0.25, 0.3) is 0 Å². The molecule has 0 bridgehead atoms. The molecule has 36 nitrogen and oxygen atoms in total. The summed E-state index contributed by atoms with van der Waals surface area (Å²) in [4.78, 5) is 214. The largest absolute Gasteiger partial charge is 0.347 e. The zero-order valence-corrected chi connectivity index (χ0v) is 68.1. The summed E-state index contributed by atoms with van der Waals surface area (Å²) in [6.45, 7) is 30.3. The molecule has 0 fully saturated rings. The third-order valence-corrected chi connectivity index (χ3v) is 17.2. The van der Waals surface area contributed by atoms with Crippen LogP contribution in [0.1, 0.15) is 214 Å². The minimum Gasteiger partial charge on any atom is -0.347 e. The predicted molar refractivity (Wildman–Crippen MR) is 414 cm³/mol. The SMILES string of the molecule is CCNCCCCC(NC(C)=O)C(=O)NC(C)(C)C(=O)NCC(=O)NC(CCCCNCC)C(=O)NC(C)(C)C(=O)NCC(=O)NC(CCCCNCC)C(=O)NC(C)(C)C(=O)NCC(=O)NC(CCCCNCC)C(=O)NC(C)(C)C(=O)NCC(=O)NC(CCCCNCC)C(=O)NC(C)(C)C(=O)NCC(C)=O. The summed E-state index contributed by atoms with van der Waals surface area (Å²) in [5.41, 5.74) is -8.10. The standard InChI is InChI=1S/C73H136N20O16/c1-18-74-38-28-23-33-50(84-49(7)95)59(100)89-70(10,11)65(106)80-44-55(96)86-52(35-25-30-40-76-20-3)61(102)91-72(14,15)67(108)82-46-57(98)88-54(37-27-32-42-78-22-5)63(104)93-73(16,17)68(109)83-47-58(99)87-53(36-26-31-41-77-21-4)62(103)92-71(12,13)66(107)81-45-56(97)85-51(34-24-29-39-75-19-2)60(101)90-69(8,9)64(105)79-43-48(6)94/h50-54,74-78H,18-47H2,1-17H3,(H,79,105)(H,80,106)(H,81,107)(H,82,108)(H,83,109)(H,84,95)(H,85,97)(H,86,96)(H,87,99)(H,88,98)(H,89,100)(H,90,101)(H,91,102)(H,92,103)(H,93,104). The summed E-state index contributed by atoms with van der Waals surface area (Å²) in [6.07, 6.45) is 6.51. The third kappa shape index (κ3) is 44.1. The van der Waals surface area contributed by atoms with Crippen molar-refractivity contribution in [1.29, 1.82) is 0 Å². The van der Waals surface area contributed by atoms with E-state index in [1.807, 2.05) is 34.6 Å². The molecule has 0 spiro atoms. The lowest BCUT2D eigenvalue weighted by Gasteiger charge is -2.30. The van der Waals surface area contributed by atoms with Gasteiger partial charge in [0.05, 0.1) is 32.7 Å². The van der Waals surface area contributed by atoms with Gasteiger partial charge in [-0.1, -0.05) is 34.6 Å². The van der Waals surface area contributed by atoms with Crippen molar-refractivity contribution in [2.45, 2.75) is 272 Å². The van der Waals surface area contributed by atoms with Crippen LogP contribution >= 0.6 is 0 Å². The van der Waals surface area contributed by atoms with Gasteiger partial charge < -0.3 is 106 Å². The van der Waals surface area contributed by atoms with E-state index in [1.165, 1.54) is 83.1 Å². The smallest absolute Gasteiger partial charge is 0.245 e. The van der Waals surface area contributed by atoms with Crippen LogP contribution in [0.15, 0.2) is 0 Å². The summed E-state index contributed by atoms with van der Waals surface area (Å²) in [5.74, 6) is -11.2. The first kappa shape index (κ1) is 101. The lowest BCUT2D eigenvalue weighted by atomic mass is 10.0. The highest BCUT2D eigenvalue weighted by atomic mass is 16.2. The van der Waals surface area contributed by atoms with Crippen LogP contribution in [-0.2, 0) is 76.7 Å². The van der Waals surface area contributed by atoms with Gasteiger partial charge in [0, 0.05) is 6.92 Å². The highest BCUT2D eigenvalue weighted by Gasteiger charge is 2.39. The van der Waals surface area contributed by atoms with Gasteiger partial charge in [-0.15, -0.1) is 0 Å². The van der Waals surface area contributed by atoms with E-state index in [4.69, 9.17) is 0 Å². The molecule has 624 valence electrons. The van der Waals surface area contributed by atoms with Crippen molar-refractivity contribution in [3.63, 3.8) is 0 Å². The second kappa shape index (κ2) is 53.4. The molecular weight excluding hydrogens is 1410 g/mol. The van der Waals surface area contributed by atoms with Crippen molar-refractivity contribution in [2.24, 2.45) is 0 Å². The van der Waals surface area contributed by atoms with Gasteiger partial charge in [0.25, 0.3) is 0 Å². The van der Waals surface area contributed by atoms with E-state index < -0.39 is 173 Å². The molecule has 0 saturated heterocycles. The lowest BCUT2D eigenvalue weighted by Crippen LogP contribution is -2.62. The fraction of sp³-hybridized carbons (Fsp3) is 0.781. The summed E-state index contributed by atoms with van der Waals surface area (Å²) in [6, 6.07) is -5.70. The Hall–Kier alpha value is -8.48. The predicted octanol–water partition coefficient (Wildman–Crippen LogP) is -3.03. The highest BCUT2D eigenvalue weighted by Crippen LogP contribution is 2.14. The van der Waals surface area contributed by atoms with Gasteiger partial charge in [-0.25, -0.2) is 0 Å². The van der Waals surface area contributed by atoms with Gasteiger partial charge in [-0.2, -0.15) is 0 Å². The first-order valence-electron chi connectivity index (χ1n) is 38.6. The van der Waals surface area contributed by atoms with Crippen molar-refractivity contribution in [1.82, 2.24) is 106 Å². The van der Waals surface area contributed by atoms with E-state index >= 15 is 0 Å². The number of unbranched alkanes of at least 4 members (excludes halogenated alkanes) is 5. The number of carbonyl (C=O) groups excluding carboxylic acids is 16. The molecule has 0 saturated carbocycles. The monoisotopic (exact) mass is 1550 g/mol. The zero-order chi connectivity index (χ0) is 83.0. The number of ketones is 1. The molecule has 0 aromatic carbocycles. The summed E-state index contributed by atoms with van der Waals surface area (Å²) in [5, 5.41) is 54.7. The second-order valence-corrected chi connectivity index (χ2v) is 29.7. The van der Waals surface area contributed by atoms with Crippen LogP contribution in [0.2, 0.25) is 0 Å². The second-order valence-electron chi connectivity index (χ2n) is 29.7. The molecule has 0 radical (unpaired) electrons. The molecule has 5 atom stereocenters. The average molecular weight is 1550 g/mol. The Balaban J connectivity index is 6.20. The quantitative estimate of drug-likeness (QED) is 0.0269. The summed E-state index contributed by atoms with van der Waals surface area (Å²) in [7, 11) is 0. The molecule has 0 aliphatic carbocycles. The number of amides is 15. The zero-order valence-electron chi connectivity index (χ0n) is 68.1. The molecule has 20 N–H and O–H groups in total. The Morgan fingerprint density at radius 3 is 0.587 bits per heavy atom. The van der Waals surface area contributed by atoms with Crippen molar-refractivity contribution >= 4 is 94.4 Å². The average Bonchev–Trinajstić information content (AvgIpc) is 0.867. The van der Waals surface area contributed by atoms with Gasteiger partial charge in [0.15, 0.2) is 0 Å². The summed E-state index contributed by atoms with van der Waals surface area (Å²) < 4.78 is 0. The van der Waals surface area contributed by atoms with Crippen molar-refractivity contribution < 1.29 is 76.7 Å². The Labute approximate surface area is 645 Å². The number of hydrogen-bond donors (Lipinski definition) is 20. The molecule has 0 rings (SSSR count). The van der Waals surface area contributed by atoms with Crippen LogP contribution in [0.5, 0.6) is 0 Å². The first-order valence-corrected chi connectivity index (χ1v) is 38.6. The highest BCUT2D eigenvalue weighted by molar-refractivity contribution is 6.01. The van der Waals surface area contributed by atoms with E-state index in [-0.39, 0.29) is 38.0 Å². The molecule has 0 aliphatic rings. The van der Waals surface area contributed by atoms with E-state index in [1.54, 1.807) is 0 Å². The van der Waals surface area contributed by atoms with E-state index in [9.17, 15) is 76.7 Å². The molecule has 0 aromatic heterocycles. The van der Waals surface area contributed by atoms with Crippen LogP contribution < -0.4 is 106 Å². The first-order chi connectivity index (χ1) is 51.1. The Morgan fingerprint density at radius 1 is 0.248 bits per heavy atom. The topological polar surface area (TPSA) is 514 Å². The van der Waals surface area contributed by atoms with Gasteiger partial charge >= 0.3 is 0 Å². The summed E-state index contributed by atoms with van der Waals surface area (Å²) >= 11 is 0. The molecule has 15 amide bonds. The maximum Gasteiger partial charge on any atom is 0.245 e. The normalized spacial score (nSPS) is 13.0. The van der Waals surface area contributed by atoms with E-state index in [2.05, 4.69) is 106 Å². The van der Waals surface area contributed by atoms with Crippen molar-refractivity contribution in [2.75, 3.05) is 98.2 Å². The van der Waals surface area contributed by atoms with E-state index in [0.717, 1.165) is 26.1 Å². The number of rotatable bonds is 60. The maximum absolute atomic E-state index is 14.1. The lowest BCUT2D eigenvalue weighted by molar-refractivity contribution is -0.137. The number of Topliss-reactive ketones (excluding diaryl/α,β-unsaturated/α-hetero) is 1. The molecule has 0 aromatic rings. The van der Waals surface area contributed by atoms with Crippen LogP contribution in [0.3, 0.4) is 0 Å². The van der Waals surface area contributed by atoms with E-state index in [0.29, 0.717) is 110 Å². The fourth-order valence-electron chi connectivity index (χ4n) is 10.7. The Bertz CT molecular complexity index is 2950. The van der Waals surface area contributed by atoms with Crippen molar-refractivity contribution in [3.05, 3.63) is 0 Å². The van der Waals surface area contributed by atoms with Crippen molar-refractivity contribution in [3.8, 4) is 0 Å². The van der Waals surface area contributed by atoms with Gasteiger partial charge in [0.1, 0.15) is 63.7 Å². The van der Waals surface area contributed by atoms with Crippen LogP contribution in [0, 0.1) is 0 Å². The minimum absolute atomic E-state index is 0.0915. The molecular formula is C73H136N20O16. The molecule has 0 heterocycles. The minimum atomic E-state index is -1.72. The Morgan fingerprint density at radius 2 is 0.422 bits per heavy atom. The number of carbonyl (C=O) groups is 16. The van der Waals surface area contributed by atoms with Gasteiger partial charge in [-0.3, -0.25) is 76.7 Å². The van der Waals surface area contributed by atoms with Crippen LogP contribution in [-0.4, -0.2) is 250 Å².